The van der Waals surface area contributed by atoms with Crippen molar-refractivity contribution in [2.24, 2.45) is 11.8 Å². The molecule has 0 aromatic rings. The highest BCUT2D eigenvalue weighted by Gasteiger charge is 2.75. The molecule has 0 amide bonds. The lowest BCUT2D eigenvalue weighted by atomic mass is 9.84. The molecule has 1 heterocycles. The van der Waals surface area contributed by atoms with E-state index in [0.29, 0.717) is 0 Å². The molecule has 0 radical (unpaired) electrons. The minimum atomic E-state index is -1.49. The zero-order valence-corrected chi connectivity index (χ0v) is 14.8. The first kappa shape index (κ1) is 19.2. The summed E-state index contributed by atoms with van der Waals surface area (Å²) in [7, 11) is 0. The van der Waals surface area contributed by atoms with Crippen LogP contribution in [-0.4, -0.2) is 54.6 Å². The van der Waals surface area contributed by atoms with Crippen LogP contribution in [0.3, 0.4) is 0 Å². The van der Waals surface area contributed by atoms with Gasteiger partial charge in [-0.15, -0.1) is 0 Å². The summed E-state index contributed by atoms with van der Waals surface area (Å²) in [6.45, 7) is 6.36. The van der Waals surface area contributed by atoms with Crippen LogP contribution in [0.25, 0.3) is 0 Å². The SMILES string of the molecule is CC(=O)OCC1C(OC(C)=O)C(OC(C)=O)C2C(C)OC12OC(C)=O. The Balaban J connectivity index is 2.42. The minimum absolute atomic E-state index is 0.221. The largest absolute Gasteiger partial charge is 0.465 e. The van der Waals surface area contributed by atoms with Gasteiger partial charge in [-0.05, 0) is 6.92 Å². The fourth-order valence-electron chi connectivity index (χ4n) is 3.67. The molecular formula is C16H22O9. The van der Waals surface area contributed by atoms with E-state index in [2.05, 4.69) is 0 Å². The molecule has 9 nitrogen and oxygen atoms in total. The molecule has 0 aromatic heterocycles. The van der Waals surface area contributed by atoms with Crippen molar-refractivity contribution < 1.29 is 42.9 Å². The summed E-state index contributed by atoms with van der Waals surface area (Å²) < 4.78 is 26.8. The summed E-state index contributed by atoms with van der Waals surface area (Å²) >= 11 is 0. The van der Waals surface area contributed by atoms with E-state index in [9.17, 15) is 19.2 Å². The second kappa shape index (κ2) is 6.99. The van der Waals surface area contributed by atoms with Crippen LogP contribution in [0.5, 0.6) is 0 Å². The fraction of sp³-hybridized carbons (Fsp3) is 0.750. The summed E-state index contributed by atoms with van der Waals surface area (Å²) in [4.78, 5) is 45.9. The van der Waals surface area contributed by atoms with Crippen LogP contribution in [0, 0.1) is 11.8 Å². The lowest BCUT2D eigenvalue weighted by Gasteiger charge is -2.51. The molecule has 0 N–H and O–H groups in total. The van der Waals surface area contributed by atoms with E-state index in [1.54, 1.807) is 6.92 Å². The molecule has 2 rings (SSSR count). The summed E-state index contributed by atoms with van der Waals surface area (Å²) in [6.07, 6.45) is -2.27. The van der Waals surface area contributed by atoms with Crippen LogP contribution in [0.15, 0.2) is 0 Å². The van der Waals surface area contributed by atoms with Gasteiger partial charge >= 0.3 is 23.9 Å². The highest BCUT2D eigenvalue weighted by molar-refractivity contribution is 5.69. The van der Waals surface area contributed by atoms with Crippen molar-refractivity contribution in [3.05, 3.63) is 0 Å². The van der Waals surface area contributed by atoms with Gasteiger partial charge < -0.3 is 23.7 Å². The number of fused-ring (bicyclic) bond motifs is 1. The molecule has 1 aliphatic heterocycles. The molecule has 0 bridgehead atoms. The predicted molar refractivity (Wildman–Crippen MR) is 79.8 cm³/mol. The maximum atomic E-state index is 11.6. The molecule has 6 unspecified atom stereocenters. The van der Waals surface area contributed by atoms with Crippen molar-refractivity contribution in [3.63, 3.8) is 0 Å². The van der Waals surface area contributed by atoms with Gasteiger partial charge in [-0.3, -0.25) is 19.2 Å². The fourth-order valence-corrected chi connectivity index (χ4v) is 3.67. The van der Waals surface area contributed by atoms with Crippen LogP contribution in [-0.2, 0) is 42.9 Å². The van der Waals surface area contributed by atoms with Gasteiger partial charge in [-0.1, -0.05) is 0 Å². The van der Waals surface area contributed by atoms with Gasteiger partial charge in [0.25, 0.3) is 0 Å². The highest BCUT2D eigenvalue weighted by atomic mass is 16.8. The standard InChI is InChI=1S/C16H22O9/c1-7-13-15(23-10(4)19)14(22-9(3)18)12(6-21-8(2)17)16(13,24-7)25-11(5)20/h7,12-15H,6H2,1-5H3. The molecule has 2 fully saturated rings. The van der Waals surface area contributed by atoms with E-state index in [1.165, 1.54) is 27.7 Å². The third kappa shape index (κ3) is 3.60. The normalized spacial score (nSPS) is 35.8. The monoisotopic (exact) mass is 358 g/mol. The Morgan fingerprint density at radius 3 is 1.88 bits per heavy atom. The second-order valence-corrected chi connectivity index (χ2v) is 6.22. The van der Waals surface area contributed by atoms with Crippen molar-refractivity contribution in [2.45, 2.75) is 58.7 Å². The quantitative estimate of drug-likeness (QED) is 0.507. The minimum Gasteiger partial charge on any atom is -0.465 e. The number of carbonyl (C=O) groups is 4. The van der Waals surface area contributed by atoms with E-state index in [-0.39, 0.29) is 6.61 Å². The Labute approximate surface area is 144 Å². The molecular weight excluding hydrogens is 336 g/mol. The van der Waals surface area contributed by atoms with Crippen LogP contribution in [0.2, 0.25) is 0 Å². The van der Waals surface area contributed by atoms with E-state index in [0.717, 1.165) is 0 Å². The van der Waals surface area contributed by atoms with Crippen LogP contribution in [0.1, 0.15) is 34.6 Å². The maximum absolute atomic E-state index is 11.6. The smallest absolute Gasteiger partial charge is 0.305 e. The summed E-state index contributed by atoms with van der Waals surface area (Å²) in [6, 6.07) is 0. The molecule has 25 heavy (non-hydrogen) atoms. The first-order valence-electron chi connectivity index (χ1n) is 7.93. The third-order valence-electron chi connectivity index (χ3n) is 4.31. The van der Waals surface area contributed by atoms with Gasteiger partial charge in [-0.2, -0.15) is 0 Å². The van der Waals surface area contributed by atoms with E-state index < -0.39 is 59.8 Å². The average Bonchev–Trinajstić information content (AvgIpc) is 2.59. The van der Waals surface area contributed by atoms with Gasteiger partial charge in [-0.25, -0.2) is 0 Å². The number of hydrogen-bond acceptors (Lipinski definition) is 9. The summed E-state index contributed by atoms with van der Waals surface area (Å²) in [5.74, 6) is -5.22. The topological polar surface area (TPSA) is 114 Å². The maximum Gasteiger partial charge on any atom is 0.305 e. The third-order valence-corrected chi connectivity index (χ3v) is 4.31. The predicted octanol–water partition coefficient (Wildman–Crippen LogP) is 0.337. The lowest BCUT2D eigenvalue weighted by Crippen LogP contribution is -2.64. The van der Waals surface area contributed by atoms with Gasteiger partial charge in [0, 0.05) is 27.7 Å². The van der Waals surface area contributed by atoms with E-state index in [1.807, 2.05) is 0 Å². The zero-order valence-electron chi connectivity index (χ0n) is 14.8. The van der Waals surface area contributed by atoms with Crippen LogP contribution < -0.4 is 0 Å². The summed E-state index contributed by atoms with van der Waals surface area (Å²) in [5, 5.41) is 0. The van der Waals surface area contributed by atoms with Crippen LogP contribution in [0.4, 0.5) is 0 Å². The van der Waals surface area contributed by atoms with Crippen molar-refractivity contribution in [1.29, 1.82) is 0 Å². The molecule has 0 aromatic carbocycles. The van der Waals surface area contributed by atoms with Crippen molar-refractivity contribution in [3.8, 4) is 0 Å². The van der Waals surface area contributed by atoms with Crippen molar-refractivity contribution in [1.82, 2.24) is 0 Å². The molecule has 1 saturated carbocycles. The first-order chi connectivity index (χ1) is 11.6. The molecule has 9 heteroatoms. The molecule has 2 aliphatic rings. The Morgan fingerprint density at radius 2 is 1.44 bits per heavy atom. The number of carbonyl (C=O) groups excluding carboxylic acids is 4. The molecule has 0 spiro atoms. The van der Waals surface area contributed by atoms with Gasteiger partial charge in [0.1, 0.15) is 12.5 Å². The van der Waals surface area contributed by atoms with Crippen LogP contribution >= 0.6 is 0 Å². The van der Waals surface area contributed by atoms with Crippen molar-refractivity contribution >= 4 is 23.9 Å². The molecule has 6 atom stereocenters. The molecule has 1 aliphatic carbocycles. The van der Waals surface area contributed by atoms with Gasteiger partial charge in [0.2, 0.25) is 5.79 Å². The zero-order chi connectivity index (χ0) is 18.9. The van der Waals surface area contributed by atoms with Crippen molar-refractivity contribution in [2.75, 3.05) is 6.61 Å². The summed E-state index contributed by atoms with van der Waals surface area (Å²) in [5.41, 5.74) is 0. The van der Waals surface area contributed by atoms with Gasteiger partial charge in [0.15, 0.2) is 12.2 Å². The molecule has 1 saturated heterocycles. The lowest BCUT2D eigenvalue weighted by molar-refractivity contribution is -0.376. The number of ether oxygens (including phenoxy) is 5. The Kier molecular flexibility index (Phi) is 5.36. The highest BCUT2D eigenvalue weighted by Crippen LogP contribution is 2.57. The second-order valence-electron chi connectivity index (χ2n) is 6.22. The number of esters is 4. The van der Waals surface area contributed by atoms with E-state index in [4.69, 9.17) is 23.7 Å². The van der Waals surface area contributed by atoms with E-state index >= 15 is 0 Å². The molecule has 140 valence electrons. The average molecular weight is 358 g/mol. The first-order valence-corrected chi connectivity index (χ1v) is 7.93. The van der Waals surface area contributed by atoms with Gasteiger partial charge in [0.05, 0.1) is 12.0 Å². The Bertz CT molecular complexity index is 586. The Hall–Kier alpha value is -2.16. The Morgan fingerprint density at radius 1 is 0.880 bits per heavy atom. The number of rotatable bonds is 5. The number of hydrogen-bond donors (Lipinski definition) is 0.